The van der Waals surface area contributed by atoms with Gasteiger partial charge >= 0.3 is 0 Å². The van der Waals surface area contributed by atoms with Gasteiger partial charge in [0.15, 0.2) is 5.78 Å². The smallest absolute Gasteiger partial charge is 0.165 e. The van der Waals surface area contributed by atoms with Crippen molar-refractivity contribution in [3.8, 4) is 5.75 Å². The number of phenolic OH excluding ortho intramolecular Hbond substituents is 1. The lowest BCUT2D eigenvalue weighted by atomic mass is 9.70. The van der Waals surface area contributed by atoms with Crippen molar-refractivity contribution >= 4 is 11.9 Å². The van der Waals surface area contributed by atoms with Crippen LogP contribution in [0, 0.1) is 23.7 Å². The molecule has 2 aliphatic carbocycles. The van der Waals surface area contributed by atoms with Gasteiger partial charge in [-0.1, -0.05) is 47.6 Å². The lowest BCUT2D eigenvalue weighted by Crippen LogP contribution is -2.32. The Kier molecular flexibility index (Phi) is 3.57. The van der Waals surface area contributed by atoms with Crippen molar-refractivity contribution in [3.05, 3.63) is 34.4 Å². The Morgan fingerprint density at radius 3 is 2.33 bits per heavy atom. The third-order valence-corrected chi connectivity index (χ3v) is 6.77. The lowest BCUT2D eigenvalue weighted by molar-refractivity contribution is -0.125. The van der Waals surface area contributed by atoms with Crippen molar-refractivity contribution < 1.29 is 9.90 Å². The molecule has 0 aliphatic heterocycles. The first-order chi connectivity index (χ1) is 10.9. The molecular formula is C22H30O2. The molecule has 2 nitrogen and oxygen atoms in total. The molecule has 2 saturated carbocycles. The first-order valence-corrected chi connectivity index (χ1v) is 9.00. The van der Waals surface area contributed by atoms with Crippen molar-refractivity contribution in [2.24, 2.45) is 16.7 Å². The highest BCUT2D eigenvalue weighted by atomic mass is 16.3. The van der Waals surface area contributed by atoms with Crippen LogP contribution in [0.1, 0.15) is 71.1 Å². The van der Waals surface area contributed by atoms with E-state index in [1.165, 1.54) is 0 Å². The highest BCUT2D eigenvalue weighted by molar-refractivity contribution is 6.08. The number of allylic oxidation sites excluding steroid dienone is 1. The molecule has 2 aliphatic rings. The normalized spacial score (nSPS) is 30.4. The van der Waals surface area contributed by atoms with E-state index in [0.717, 1.165) is 35.1 Å². The Morgan fingerprint density at radius 2 is 1.83 bits per heavy atom. The van der Waals surface area contributed by atoms with Crippen LogP contribution in [0.5, 0.6) is 5.75 Å². The van der Waals surface area contributed by atoms with Crippen LogP contribution in [0.15, 0.2) is 17.7 Å². The van der Waals surface area contributed by atoms with Crippen molar-refractivity contribution in [2.75, 3.05) is 0 Å². The van der Waals surface area contributed by atoms with Crippen LogP contribution in [-0.4, -0.2) is 10.9 Å². The summed E-state index contributed by atoms with van der Waals surface area (Å²) in [4.78, 5) is 13.0. The molecular weight excluding hydrogens is 296 g/mol. The summed E-state index contributed by atoms with van der Waals surface area (Å²) in [5.74, 6) is 0.897. The molecule has 1 N–H and O–H groups in total. The van der Waals surface area contributed by atoms with Gasteiger partial charge in [0.1, 0.15) is 5.75 Å². The van der Waals surface area contributed by atoms with Crippen LogP contribution in [0.3, 0.4) is 0 Å². The van der Waals surface area contributed by atoms with E-state index in [9.17, 15) is 9.90 Å². The molecule has 2 bridgehead atoms. The van der Waals surface area contributed by atoms with Gasteiger partial charge in [-0.25, -0.2) is 0 Å². The molecule has 1 aromatic rings. The second-order valence-corrected chi connectivity index (χ2v) is 9.57. The number of aromatic hydroxyl groups is 1. The number of benzene rings is 1. The summed E-state index contributed by atoms with van der Waals surface area (Å²) in [6, 6.07) is 4.04. The topological polar surface area (TPSA) is 37.3 Å². The molecule has 0 saturated heterocycles. The lowest BCUT2D eigenvalue weighted by Gasteiger charge is -2.31. The zero-order chi connectivity index (χ0) is 18.1. The number of ketones is 1. The Balaban J connectivity index is 2.15. The average molecular weight is 326 g/mol. The van der Waals surface area contributed by atoms with Gasteiger partial charge in [0.25, 0.3) is 0 Å². The molecule has 3 rings (SSSR count). The van der Waals surface area contributed by atoms with Crippen molar-refractivity contribution in [2.45, 2.75) is 66.7 Å². The zero-order valence-corrected chi connectivity index (χ0v) is 16.1. The number of rotatable bonds is 1. The van der Waals surface area contributed by atoms with E-state index in [1.54, 1.807) is 0 Å². The minimum absolute atomic E-state index is 0.00220. The maximum atomic E-state index is 13.0. The first-order valence-electron chi connectivity index (χ1n) is 9.00. The summed E-state index contributed by atoms with van der Waals surface area (Å²) in [6.45, 7) is 14.9. The second-order valence-electron chi connectivity index (χ2n) is 9.57. The number of hydrogen-bond acceptors (Lipinski definition) is 2. The quantitative estimate of drug-likeness (QED) is 0.701. The summed E-state index contributed by atoms with van der Waals surface area (Å²) in [5.41, 5.74) is 3.37. The molecule has 0 heterocycles. The third kappa shape index (κ3) is 2.18. The fourth-order valence-electron chi connectivity index (χ4n) is 4.75. The van der Waals surface area contributed by atoms with E-state index in [4.69, 9.17) is 0 Å². The van der Waals surface area contributed by atoms with E-state index in [2.05, 4.69) is 41.5 Å². The van der Waals surface area contributed by atoms with Gasteiger partial charge in [-0.05, 0) is 54.2 Å². The highest BCUT2D eigenvalue weighted by Gasteiger charge is 2.63. The number of carbonyl (C=O) groups is 1. The Morgan fingerprint density at radius 1 is 1.21 bits per heavy atom. The summed E-state index contributed by atoms with van der Waals surface area (Å²) in [6.07, 6.45) is 4.02. The van der Waals surface area contributed by atoms with Gasteiger partial charge in [-0.15, -0.1) is 0 Å². The molecule has 24 heavy (non-hydrogen) atoms. The number of phenols is 1. The molecule has 0 radical (unpaired) electrons. The minimum atomic E-state index is -0.254. The molecule has 2 atom stereocenters. The molecule has 0 amide bonds. The molecule has 0 spiro atoms. The predicted octanol–water partition coefficient (Wildman–Crippen LogP) is 5.41. The fourth-order valence-corrected chi connectivity index (χ4v) is 4.75. The van der Waals surface area contributed by atoms with Gasteiger partial charge in [0.05, 0.1) is 0 Å². The van der Waals surface area contributed by atoms with Gasteiger partial charge in [-0.2, -0.15) is 0 Å². The molecule has 2 unspecified atom stereocenters. The van der Waals surface area contributed by atoms with Crippen LogP contribution in [-0.2, 0) is 10.2 Å². The van der Waals surface area contributed by atoms with E-state index in [-0.39, 0.29) is 22.0 Å². The molecule has 130 valence electrons. The van der Waals surface area contributed by atoms with E-state index in [0.29, 0.717) is 11.7 Å². The summed E-state index contributed by atoms with van der Waals surface area (Å²) in [5, 5.41) is 10.8. The average Bonchev–Trinajstić information content (AvgIpc) is 2.75. The van der Waals surface area contributed by atoms with Crippen molar-refractivity contribution in [3.63, 3.8) is 0 Å². The number of fused-ring (bicyclic) bond motifs is 2. The number of hydrogen-bond donors (Lipinski definition) is 1. The minimum Gasteiger partial charge on any atom is -0.507 e. The monoisotopic (exact) mass is 326 g/mol. The molecule has 2 heteroatoms. The third-order valence-electron chi connectivity index (χ3n) is 6.77. The number of aryl methyl sites for hydroxylation is 1. The summed E-state index contributed by atoms with van der Waals surface area (Å²) >= 11 is 0. The van der Waals surface area contributed by atoms with Gasteiger partial charge < -0.3 is 5.11 Å². The van der Waals surface area contributed by atoms with Gasteiger partial charge in [0.2, 0.25) is 0 Å². The Bertz CT molecular complexity index is 746. The number of carbonyl (C=O) groups excluding carboxylic acids is 1. The Hall–Kier alpha value is -1.57. The SMILES string of the molecule is Cc1cc(C=C2C(=O)C3(C)CCC2C3(C)C)c(O)c(C(C)(C)C)c1. The molecule has 1 aromatic carbocycles. The maximum Gasteiger partial charge on any atom is 0.165 e. The fraction of sp³-hybridized carbons (Fsp3) is 0.591. The van der Waals surface area contributed by atoms with Crippen molar-refractivity contribution in [1.29, 1.82) is 0 Å². The van der Waals surface area contributed by atoms with Gasteiger partial charge in [-0.3, -0.25) is 4.79 Å². The second kappa shape index (κ2) is 4.97. The van der Waals surface area contributed by atoms with Crippen LogP contribution in [0.4, 0.5) is 0 Å². The van der Waals surface area contributed by atoms with E-state index < -0.39 is 0 Å². The highest BCUT2D eigenvalue weighted by Crippen LogP contribution is 2.65. The maximum absolute atomic E-state index is 13.0. The van der Waals surface area contributed by atoms with Crippen LogP contribution < -0.4 is 0 Å². The van der Waals surface area contributed by atoms with Crippen LogP contribution in [0.2, 0.25) is 0 Å². The Labute approximate surface area is 146 Å². The summed E-state index contributed by atoms with van der Waals surface area (Å²) in [7, 11) is 0. The predicted molar refractivity (Wildman–Crippen MR) is 99.1 cm³/mol. The summed E-state index contributed by atoms with van der Waals surface area (Å²) < 4.78 is 0. The zero-order valence-electron chi connectivity index (χ0n) is 16.1. The van der Waals surface area contributed by atoms with Crippen LogP contribution in [0.25, 0.3) is 6.08 Å². The van der Waals surface area contributed by atoms with E-state index in [1.807, 2.05) is 25.1 Å². The standard InChI is InChI=1S/C22H30O2/c1-13-10-14(18(23)17(11-13)20(2,3)4)12-15-16-8-9-22(7,19(15)24)21(16,5)6/h10-12,16,23H,8-9H2,1-7H3. The molecule has 0 aromatic heterocycles. The first kappa shape index (κ1) is 17.3. The van der Waals surface area contributed by atoms with Crippen LogP contribution >= 0.6 is 0 Å². The van der Waals surface area contributed by atoms with Gasteiger partial charge in [0, 0.05) is 22.1 Å². The molecule has 2 fully saturated rings. The number of Topliss-reactive ketones (excluding diaryl/α,β-unsaturated/α-hetero) is 1. The van der Waals surface area contributed by atoms with E-state index >= 15 is 0 Å². The largest absolute Gasteiger partial charge is 0.507 e. The van der Waals surface area contributed by atoms with Crippen molar-refractivity contribution in [1.82, 2.24) is 0 Å².